The smallest absolute Gasteiger partial charge is 0.226 e. The van der Waals surface area contributed by atoms with Gasteiger partial charge in [-0.25, -0.2) is 4.98 Å². The minimum absolute atomic E-state index is 0.0488. The summed E-state index contributed by atoms with van der Waals surface area (Å²) in [5, 5.41) is 6.12. The number of hydrogen-bond acceptors (Lipinski definition) is 6. The maximum absolute atomic E-state index is 13.5. The first-order valence-electron chi connectivity index (χ1n) is 12.2. The Balaban J connectivity index is 1.51. The number of hydrogen-bond donors (Lipinski definition) is 3. The van der Waals surface area contributed by atoms with Crippen molar-refractivity contribution >= 4 is 34.8 Å². The van der Waals surface area contributed by atoms with Gasteiger partial charge in [-0.2, -0.15) is 0 Å². The van der Waals surface area contributed by atoms with E-state index in [0.29, 0.717) is 35.0 Å². The van der Waals surface area contributed by atoms with Crippen molar-refractivity contribution < 1.29 is 14.4 Å². The van der Waals surface area contributed by atoms with Crippen LogP contribution in [0.2, 0.25) is 0 Å². The van der Waals surface area contributed by atoms with E-state index in [2.05, 4.69) is 32.5 Å². The van der Waals surface area contributed by atoms with Crippen LogP contribution in [0.15, 0.2) is 48.7 Å². The molecule has 0 aliphatic carbocycles. The highest BCUT2D eigenvalue weighted by Crippen LogP contribution is 2.38. The zero-order valence-corrected chi connectivity index (χ0v) is 20.5. The van der Waals surface area contributed by atoms with Gasteiger partial charge in [0.05, 0.1) is 30.0 Å². The Hall–Kier alpha value is -3.98. The number of aromatic nitrogens is 2. The molecule has 0 bridgehead atoms. The van der Waals surface area contributed by atoms with Gasteiger partial charge in [0.2, 0.25) is 11.8 Å². The highest BCUT2D eigenvalue weighted by atomic mass is 16.2. The highest BCUT2D eigenvalue weighted by molar-refractivity contribution is 6.09. The molecule has 186 valence electrons. The van der Waals surface area contributed by atoms with E-state index in [0.717, 1.165) is 37.2 Å². The molecular weight excluding hydrogens is 456 g/mol. The number of para-hydroxylation sites is 1. The molecule has 1 fully saturated rings. The molecule has 2 amide bonds. The molecule has 9 heteroatoms. The summed E-state index contributed by atoms with van der Waals surface area (Å²) in [6.45, 7) is 3.62. The number of Topliss-reactive ketones (excluding diaryl/α,β-unsaturated/α-hetero) is 1. The predicted octanol–water partition coefficient (Wildman–Crippen LogP) is 3.65. The Morgan fingerprint density at radius 3 is 2.56 bits per heavy atom. The fourth-order valence-corrected chi connectivity index (χ4v) is 4.99. The molecule has 0 saturated carbocycles. The number of nitrogens with zero attached hydrogens (tertiary/aromatic N) is 3. The van der Waals surface area contributed by atoms with E-state index in [1.165, 1.54) is 6.92 Å². The van der Waals surface area contributed by atoms with Crippen molar-refractivity contribution in [2.45, 2.75) is 26.3 Å². The Morgan fingerprint density at radius 2 is 1.83 bits per heavy atom. The number of ketones is 1. The van der Waals surface area contributed by atoms with Crippen LogP contribution in [0.5, 0.6) is 0 Å². The van der Waals surface area contributed by atoms with Crippen LogP contribution in [-0.4, -0.2) is 64.0 Å². The van der Waals surface area contributed by atoms with Gasteiger partial charge < -0.3 is 25.4 Å². The van der Waals surface area contributed by atoms with Crippen molar-refractivity contribution in [1.29, 1.82) is 0 Å². The summed E-state index contributed by atoms with van der Waals surface area (Å²) in [5.74, 6) is 0.101. The lowest BCUT2D eigenvalue weighted by molar-refractivity contribution is -0.137. The lowest BCUT2D eigenvalue weighted by Crippen LogP contribution is -2.45. The number of anilines is 3. The van der Waals surface area contributed by atoms with Crippen molar-refractivity contribution in [3.8, 4) is 11.3 Å². The predicted molar refractivity (Wildman–Crippen MR) is 138 cm³/mol. The summed E-state index contributed by atoms with van der Waals surface area (Å²) >= 11 is 0. The van der Waals surface area contributed by atoms with Crippen LogP contribution in [0.4, 0.5) is 17.2 Å². The Morgan fingerprint density at radius 1 is 1.08 bits per heavy atom. The SMILES string of the molecule is CC(=O)Nc1cc(-c2[nH]c3c(c2Nc2ccccc2)C(=O)CN(C(=O)C2CCN(C)CC2)C3)ccn1. The first-order chi connectivity index (χ1) is 17.4. The third-order valence-electron chi connectivity index (χ3n) is 6.82. The topological polar surface area (TPSA) is 110 Å². The molecule has 2 aromatic heterocycles. The van der Waals surface area contributed by atoms with Crippen molar-refractivity contribution in [3.05, 3.63) is 59.9 Å². The summed E-state index contributed by atoms with van der Waals surface area (Å²) in [7, 11) is 2.07. The van der Waals surface area contributed by atoms with Crippen molar-refractivity contribution in [3.63, 3.8) is 0 Å². The first kappa shape index (κ1) is 23.7. The number of benzene rings is 1. The van der Waals surface area contributed by atoms with Crippen LogP contribution in [0.3, 0.4) is 0 Å². The molecular formula is C27H30N6O3. The summed E-state index contributed by atoms with van der Waals surface area (Å²) in [4.78, 5) is 49.9. The second kappa shape index (κ2) is 9.94. The molecule has 3 aromatic rings. The molecule has 2 aliphatic rings. The van der Waals surface area contributed by atoms with E-state index in [1.807, 2.05) is 36.4 Å². The first-order valence-corrected chi connectivity index (χ1v) is 12.2. The monoisotopic (exact) mass is 486 g/mol. The van der Waals surface area contributed by atoms with Crippen LogP contribution in [-0.2, 0) is 16.1 Å². The molecule has 0 unspecified atom stereocenters. The van der Waals surface area contributed by atoms with Gasteiger partial charge >= 0.3 is 0 Å². The number of aromatic amines is 1. The minimum atomic E-state index is -0.216. The summed E-state index contributed by atoms with van der Waals surface area (Å²) in [6.07, 6.45) is 3.24. The fourth-order valence-electron chi connectivity index (χ4n) is 4.99. The molecule has 4 heterocycles. The average Bonchev–Trinajstić information content (AvgIpc) is 3.23. The summed E-state index contributed by atoms with van der Waals surface area (Å²) in [6, 6.07) is 13.2. The molecule has 9 nitrogen and oxygen atoms in total. The number of carbonyl (C=O) groups is 3. The van der Waals surface area contributed by atoms with Crippen molar-refractivity contribution in [2.24, 2.45) is 5.92 Å². The largest absolute Gasteiger partial charge is 0.355 e. The van der Waals surface area contributed by atoms with Gasteiger partial charge in [0, 0.05) is 36.0 Å². The van der Waals surface area contributed by atoms with E-state index < -0.39 is 0 Å². The number of fused-ring (bicyclic) bond motifs is 1. The number of piperidine rings is 1. The van der Waals surface area contributed by atoms with Gasteiger partial charge in [0.25, 0.3) is 0 Å². The fraction of sp³-hybridized carbons (Fsp3) is 0.333. The van der Waals surface area contributed by atoms with Gasteiger partial charge in [0.1, 0.15) is 5.82 Å². The highest BCUT2D eigenvalue weighted by Gasteiger charge is 2.35. The maximum Gasteiger partial charge on any atom is 0.226 e. The van der Waals surface area contributed by atoms with Gasteiger partial charge in [0.15, 0.2) is 5.78 Å². The third-order valence-corrected chi connectivity index (χ3v) is 6.82. The quantitative estimate of drug-likeness (QED) is 0.508. The Kier molecular flexibility index (Phi) is 6.56. The van der Waals surface area contributed by atoms with Gasteiger partial charge in [-0.15, -0.1) is 0 Å². The number of H-pyrrole nitrogens is 1. The maximum atomic E-state index is 13.5. The number of amides is 2. The molecule has 0 spiro atoms. The molecule has 2 aliphatic heterocycles. The molecule has 1 saturated heterocycles. The van der Waals surface area contributed by atoms with E-state index in [-0.39, 0.29) is 30.1 Å². The van der Waals surface area contributed by atoms with Crippen LogP contribution < -0.4 is 10.6 Å². The van der Waals surface area contributed by atoms with Gasteiger partial charge in [-0.1, -0.05) is 18.2 Å². The second-order valence-electron chi connectivity index (χ2n) is 9.53. The number of rotatable bonds is 5. The normalized spacial score (nSPS) is 16.5. The standard InChI is InChI=1S/C27H30N6O3/c1-17(34)29-23-14-19(8-11-28-23)25-26(30-20-6-4-3-5-7-20)24-21(31-25)15-33(16-22(24)35)27(36)18-9-12-32(2)13-10-18/h3-8,11,14,18,30-31H,9-10,12-13,15-16H2,1-2H3,(H,28,29,34). The van der Waals surface area contributed by atoms with Gasteiger partial charge in [-0.05, 0) is 57.2 Å². The van der Waals surface area contributed by atoms with Crippen LogP contribution in [0, 0.1) is 5.92 Å². The van der Waals surface area contributed by atoms with E-state index in [9.17, 15) is 14.4 Å². The van der Waals surface area contributed by atoms with Crippen LogP contribution in [0.1, 0.15) is 35.8 Å². The molecule has 5 rings (SSSR count). The number of likely N-dealkylation sites (tertiary alicyclic amines) is 1. The van der Waals surface area contributed by atoms with E-state index >= 15 is 0 Å². The molecule has 0 radical (unpaired) electrons. The van der Waals surface area contributed by atoms with Crippen molar-refractivity contribution in [1.82, 2.24) is 19.8 Å². The number of pyridine rings is 1. The van der Waals surface area contributed by atoms with E-state index in [4.69, 9.17) is 0 Å². The minimum Gasteiger partial charge on any atom is -0.355 e. The summed E-state index contributed by atoms with van der Waals surface area (Å²) < 4.78 is 0. The van der Waals surface area contributed by atoms with Crippen LogP contribution in [0.25, 0.3) is 11.3 Å². The Labute approximate surface area is 209 Å². The molecule has 3 N–H and O–H groups in total. The molecule has 36 heavy (non-hydrogen) atoms. The number of carbonyl (C=O) groups excluding carboxylic acids is 3. The zero-order chi connectivity index (χ0) is 25.2. The zero-order valence-electron chi connectivity index (χ0n) is 20.5. The second-order valence-corrected chi connectivity index (χ2v) is 9.53. The van der Waals surface area contributed by atoms with Gasteiger partial charge in [-0.3, -0.25) is 14.4 Å². The average molecular weight is 487 g/mol. The van der Waals surface area contributed by atoms with Crippen LogP contribution >= 0.6 is 0 Å². The number of nitrogens with one attached hydrogen (secondary N) is 3. The lowest BCUT2D eigenvalue weighted by Gasteiger charge is -2.33. The molecule has 1 aromatic carbocycles. The Bertz CT molecular complexity index is 1290. The third kappa shape index (κ3) is 4.87. The summed E-state index contributed by atoms with van der Waals surface area (Å²) in [5.41, 5.74) is 4.25. The molecule has 0 atom stereocenters. The lowest BCUT2D eigenvalue weighted by atomic mass is 9.94. The van der Waals surface area contributed by atoms with E-state index in [1.54, 1.807) is 17.2 Å². The van der Waals surface area contributed by atoms with Crippen molar-refractivity contribution in [2.75, 3.05) is 37.3 Å².